The van der Waals surface area contributed by atoms with Gasteiger partial charge in [0.05, 0.1) is 4.90 Å². The molecule has 0 spiro atoms. The fraction of sp³-hybridized carbons (Fsp3) is 0.150. The van der Waals surface area contributed by atoms with Crippen molar-refractivity contribution in [1.29, 1.82) is 0 Å². The lowest BCUT2D eigenvalue weighted by molar-refractivity contribution is -0.708. The molecule has 0 N–H and O–H groups in total. The second kappa shape index (κ2) is 8.94. The molecule has 0 aliphatic heterocycles. The van der Waals surface area contributed by atoms with Crippen LogP contribution in [0.1, 0.15) is 24.1 Å². The summed E-state index contributed by atoms with van der Waals surface area (Å²) in [6.07, 6.45) is 2.00. The molecule has 2 aromatic carbocycles. The van der Waals surface area contributed by atoms with E-state index in [9.17, 15) is 13.0 Å². The van der Waals surface area contributed by atoms with Crippen molar-refractivity contribution in [1.82, 2.24) is 0 Å². The maximum Gasteiger partial charge on any atom is 0.275 e. The van der Waals surface area contributed by atoms with E-state index in [1.165, 1.54) is 17.7 Å². The van der Waals surface area contributed by atoms with Crippen LogP contribution in [0.15, 0.2) is 83.9 Å². The van der Waals surface area contributed by atoms with Gasteiger partial charge >= 0.3 is 0 Å². The molecule has 0 saturated carbocycles. The molecule has 0 aliphatic carbocycles. The second-order valence-electron chi connectivity index (χ2n) is 5.78. The van der Waals surface area contributed by atoms with Gasteiger partial charge in [-0.15, -0.1) is 0 Å². The van der Waals surface area contributed by atoms with Crippen molar-refractivity contribution < 1.29 is 17.5 Å². The molecule has 4 nitrogen and oxygen atoms in total. The fourth-order valence-corrected chi connectivity index (χ4v) is 3.09. The van der Waals surface area contributed by atoms with Crippen LogP contribution in [0.3, 0.4) is 0 Å². The zero-order chi connectivity index (χ0) is 19.2. The van der Waals surface area contributed by atoms with Crippen molar-refractivity contribution in [3.8, 4) is 0 Å². The third kappa shape index (κ3) is 5.66. The van der Waals surface area contributed by atoms with Gasteiger partial charge in [0.25, 0.3) is 5.15 Å². The minimum absolute atomic E-state index is 0.178. The predicted molar refractivity (Wildman–Crippen MR) is 101 cm³/mol. The minimum Gasteiger partial charge on any atom is -0.744 e. The predicted octanol–water partition coefficient (Wildman–Crippen LogP) is 4.14. The molecule has 3 rings (SSSR count). The van der Waals surface area contributed by atoms with E-state index in [0.717, 1.165) is 10.7 Å². The standard InChI is InChI=1S/C13H13ClN.C7H8O3S/c1-11(12-7-3-2-4-8-12)15-10-6-5-9-13(15)14;1-6-2-4-7(5-3-6)11(8,9)10/h2-11H,1H3;2-5H,1H3,(H,8,9,10)/q+1;/p-1. The number of pyridine rings is 1. The van der Waals surface area contributed by atoms with E-state index in [1.807, 2.05) is 49.5 Å². The van der Waals surface area contributed by atoms with Crippen LogP contribution in [-0.2, 0) is 10.1 Å². The highest BCUT2D eigenvalue weighted by Crippen LogP contribution is 2.13. The molecule has 1 aromatic heterocycles. The Morgan fingerprint density at radius 3 is 2.04 bits per heavy atom. The van der Waals surface area contributed by atoms with Crippen molar-refractivity contribution >= 4 is 21.7 Å². The van der Waals surface area contributed by atoms with Crippen molar-refractivity contribution in [2.24, 2.45) is 0 Å². The number of hydrogen-bond acceptors (Lipinski definition) is 3. The molecule has 0 saturated heterocycles. The van der Waals surface area contributed by atoms with Gasteiger partial charge in [-0.1, -0.05) is 48.0 Å². The lowest BCUT2D eigenvalue weighted by Gasteiger charge is -2.07. The van der Waals surface area contributed by atoms with Gasteiger partial charge in [-0.3, -0.25) is 0 Å². The monoisotopic (exact) mass is 389 g/mol. The summed E-state index contributed by atoms with van der Waals surface area (Å²) in [5.74, 6) is 0. The third-order valence-corrected chi connectivity index (χ3v) is 5.02. The summed E-state index contributed by atoms with van der Waals surface area (Å²) in [6, 6.07) is 22.2. The second-order valence-corrected chi connectivity index (χ2v) is 7.55. The van der Waals surface area contributed by atoms with Crippen LogP contribution in [0.2, 0.25) is 5.15 Å². The number of hydrogen-bond donors (Lipinski definition) is 0. The summed E-state index contributed by atoms with van der Waals surface area (Å²) in [5.41, 5.74) is 2.19. The number of aryl methyl sites for hydroxylation is 1. The van der Waals surface area contributed by atoms with Crippen LogP contribution < -0.4 is 4.57 Å². The van der Waals surface area contributed by atoms with E-state index in [-0.39, 0.29) is 10.9 Å². The lowest BCUT2D eigenvalue weighted by atomic mass is 10.1. The van der Waals surface area contributed by atoms with E-state index < -0.39 is 10.1 Å². The first-order valence-electron chi connectivity index (χ1n) is 8.02. The van der Waals surface area contributed by atoms with E-state index in [1.54, 1.807) is 12.1 Å². The average molecular weight is 390 g/mol. The third-order valence-electron chi connectivity index (χ3n) is 3.85. The SMILES string of the molecule is CC(c1ccccc1)[n+]1ccccc1Cl.Cc1ccc(S(=O)(=O)[O-])cc1. The Kier molecular flexibility index (Phi) is 6.91. The van der Waals surface area contributed by atoms with Crippen molar-refractivity contribution in [3.05, 3.63) is 95.3 Å². The lowest BCUT2D eigenvalue weighted by Crippen LogP contribution is -2.39. The highest BCUT2D eigenvalue weighted by atomic mass is 35.5. The Labute approximate surface area is 159 Å². The van der Waals surface area contributed by atoms with Gasteiger partial charge in [-0.05, 0) is 36.7 Å². The van der Waals surface area contributed by atoms with E-state index in [2.05, 4.69) is 23.6 Å². The summed E-state index contributed by atoms with van der Waals surface area (Å²) in [6.45, 7) is 3.96. The number of nitrogens with zero attached hydrogens (tertiary/aromatic N) is 1. The van der Waals surface area contributed by atoms with Gasteiger partial charge in [0.15, 0.2) is 12.2 Å². The smallest absolute Gasteiger partial charge is 0.275 e. The van der Waals surface area contributed by atoms with Crippen LogP contribution in [0.25, 0.3) is 0 Å². The van der Waals surface area contributed by atoms with E-state index >= 15 is 0 Å². The largest absolute Gasteiger partial charge is 0.744 e. The minimum atomic E-state index is -4.27. The van der Waals surface area contributed by atoms with Gasteiger partial charge in [0.1, 0.15) is 10.1 Å². The quantitative estimate of drug-likeness (QED) is 0.384. The summed E-state index contributed by atoms with van der Waals surface area (Å²) in [7, 11) is -4.27. The number of rotatable bonds is 3. The average Bonchev–Trinajstić information content (AvgIpc) is 2.62. The molecule has 0 radical (unpaired) electrons. The van der Waals surface area contributed by atoms with Crippen molar-refractivity contribution in [3.63, 3.8) is 0 Å². The summed E-state index contributed by atoms with van der Waals surface area (Å²) >= 11 is 6.13. The highest BCUT2D eigenvalue weighted by Gasteiger charge is 2.17. The van der Waals surface area contributed by atoms with Crippen LogP contribution in [0.4, 0.5) is 0 Å². The first-order chi connectivity index (χ1) is 12.3. The molecule has 0 amide bonds. The van der Waals surface area contributed by atoms with Crippen LogP contribution in [0, 0.1) is 6.92 Å². The zero-order valence-corrected chi connectivity index (χ0v) is 16.1. The van der Waals surface area contributed by atoms with Crippen LogP contribution in [-0.4, -0.2) is 13.0 Å². The molecular formula is C20H20ClNO3S. The molecule has 1 atom stereocenters. The Balaban J connectivity index is 0.000000197. The van der Waals surface area contributed by atoms with Crippen LogP contribution in [0.5, 0.6) is 0 Å². The fourth-order valence-electron chi connectivity index (χ4n) is 2.35. The molecule has 26 heavy (non-hydrogen) atoms. The maximum atomic E-state index is 10.4. The Hall–Kier alpha value is -2.21. The number of aromatic nitrogens is 1. The Morgan fingerprint density at radius 1 is 0.923 bits per heavy atom. The normalized spacial score (nSPS) is 12.0. The molecule has 0 bridgehead atoms. The number of benzene rings is 2. The topological polar surface area (TPSA) is 61.1 Å². The molecule has 0 aliphatic rings. The van der Waals surface area contributed by atoms with Gasteiger partial charge in [0, 0.05) is 24.6 Å². The molecule has 6 heteroatoms. The molecule has 3 aromatic rings. The van der Waals surface area contributed by atoms with Crippen molar-refractivity contribution in [2.45, 2.75) is 24.8 Å². The summed E-state index contributed by atoms with van der Waals surface area (Å²) in [4.78, 5) is -0.178. The first-order valence-corrected chi connectivity index (χ1v) is 9.81. The summed E-state index contributed by atoms with van der Waals surface area (Å²) < 4.78 is 33.2. The number of halogens is 1. The Morgan fingerprint density at radius 2 is 1.50 bits per heavy atom. The van der Waals surface area contributed by atoms with Gasteiger partial charge < -0.3 is 4.55 Å². The van der Waals surface area contributed by atoms with Gasteiger partial charge in [-0.25, -0.2) is 8.42 Å². The van der Waals surface area contributed by atoms with E-state index in [4.69, 9.17) is 11.6 Å². The molecule has 0 fully saturated rings. The zero-order valence-electron chi connectivity index (χ0n) is 14.5. The molecular weight excluding hydrogens is 370 g/mol. The molecule has 1 unspecified atom stereocenters. The maximum absolute atomic E-state index is 10.4. The first kappa shape index (κ1) is 20.1. The molecule has 1 heterocycles. The summed E-state index contributed by atoms with van der Waals surface area (Å²) in [5, 5.41) is 0.758. The highest BCUT2D eigenvalue weighted by molar-refractivity contribution is 7.85. The van der Waals surface area contributed by atoms with Crippen molar-refractivity contribution in [2.75, 3.05) is 0 Å². The van der Waals surface area contributed by atoms with Gasteiger partial charge in [0.2, 0.25) is 0 Å². The van der Waals surface area contributed by atoms with E-state index in [0.29, 0.717) is 0 Å². The van der Waals surface area contributed by atoms with Crippen LogP contribution >= 0.6 is 11.6 Å². The van der Waals surface area contributed by atoms with Gasteiger partial charge in [-0.2, -0.15) is 4.57 Å². The Bertz CT molecular complexity index is 942. The molecule has 136 valence electrons.